The van der Waals surface area contributed by atoms with Crippen molar-refractivity contribution in [3.63, 3.8) is 0 Å². The minimum Gasteiger partial charge on any atom is -0.383 e. The predicted molar refractivity (Wildman–Crippen MR) is 66.7 cm³/mol. The molecule has 3 nitrogen and oxygen atoms in total. The molecule has 2 aliphatic rings. The Bertz CT molecular complexity index is 198. The molecule has 16 heavy (non-hydrogen) atoms. The molecule has 0 bridgehead atoms. The molecule has 1 heterocycles. The first kappa shape index (κ1) is 12.3. The van der Waals surface area contributed by atoms with Crippen LogP contribution in [-0.2, 0) is 4.74 Å². The van der Waals surface area contributed by atoms with Crippen molar-refractivity contribution in [1.82, 2.24) is 10.2 Å². The minimum absolute atomic E-state index is 0.825. The van der Waals surface area contributed by atoms with E-state index in [1.807, 2.05) is 0 Å². The van der Waals surface area contributed by atoms with E-state index in [0.29, 0.717) is 0 Å². The van der Waals surface area contributed by atoms with E-state index in [0.717, 1.165) is 31.7 Å². The number of hydrogen-bond donors (Lipinski definition) is 1. The summed E-state index contributed by atoms with van der Waals surface area (Å²) in [4.78, 5) is 2.71. The molecule has 2 fully saturated rings. The second-order valence-corrected chi connectivity index (χ2v) is 5.18. The SMILES string of the molecule is COCCNCCN1CCC2CCCCC21. The molecule has 1 saturated heterocycles. The van der Waals surface area contributed by atoms with Gasteiger partial charge in [-0.2, -0.15) is 0 Å². The third-order valence-corrected chi connectivity index (χ3v) is 4.18. The van der Waals surface area contributed by atoms with Crippen molar-refractivity contribution in [2.75, 3.05) is 39.9 Å². The van der Waals surface area contributed by atoms with Crippen LogP contribution in [0.3, 0.4) is 0 Å². The Morgan fingerprint density at radius 3 is 2.94 bits per heavy atom. The number of nitrogens with one attached hydrogen (secondary N) is 1. The molecule has 0 aromatic carbocycles. The monoisotopic (exact) mass is 226 g/mol. The Morgan fingerprint density at radius 2 is 2.06 bits per heavy atom. The summed E-state index contributed by atoms with van der Waals surface area (Å²) in [6.07, 6.45) is 7.31. The standard InChI is InChI=1S/C13H26N2O/c1-16-11-8-14-7-10-15-9-6-12-4-2-3-5-13(12)15/h12-14H,2-11H2,1H3. The highest BCUT2D eigenvalue weighted by molar-refractivity contribution is 4.89. The Kier molecular flexibility index (Phi) is 5.07. The molecule has 94 valence electrons. The summed E-state index contributed by atoms with van der Waals surface area (Å²) in [5.74, 6) is 1.02. The van der Waals surface area contributed by atoms with E-state index in [2.05, 4.69) is 10.2 Å². The van der Waals surface area contributed by atoms with Crippen LogP contribution in [0.15, 0.2) is 0 Å². The molecule has 1 N–H and O–H groups in total. The summed E-state index contributed by atoms with van der Waals surface area (Å²) < 4.78 is 5.02. The fourth-order valence-electron chi connectivity index (χ4n) is 3.30. The van der Waals surface area contributed by atoms with Crippen molar-refractivity contribution >= 4 is 0 Å². The molecule has 3 heteroatoms. The molecule has 1 aliphatic carbocycles. The van der Waals surface area contributed by atoms with Gasteiger partial charge in [0.15, 0.2) is 0 Å². The predicted octanol–water partition coefficient (Wildman–Crippen LogP) is 1.49. The van der Waals surface area contributed by atoms with Crippen LogP contribution in [0.5, 0.6) is 0 Å². The average molecular weight is 226 g/mol. The molecule has 2 unspecified atom stereocenters. The lowest BCUT2D eigenvalue weighted by molar-refractivity contribution is 0.176. The maximum absolute atomic E-state index is 5.02. The van der Waals surface area contributed by atoms with Gasteiger partial charge in [-0.1, -0.05) is 12.8 Å². The quantitative estimate of drug-likeness (QED) is 0.694. The van der Waals surface area contributed by atoms with Gasteiger partial charge in [0.25, 0.3) is 0 Å². The van der Waals surface area contributed by atoms with Gasteiger partial charge in [0.2, 0.25) is 0 Å². The van der Waals surface area contributed by atoms with E-state index < -0.39 is 0 Å². The molecule has 2 atom stereocenters. The summed E-state index contributed by atoms with van der Waals surface area (Å²) in [6.45, 7) is 5.49. The Hall–Kier alpha value is -0.120. The number of fused-ring (bicyclic) bond motifs is 1. The third-order valence-electron chi connectivity index (χ3n) is 4.18. The smallest absolute Gasteiger partial charge is 0.0587 e. The fourth-order valence-corrected chi connectivity index (χ4v) is 3.30. The molecule has 0 aromatic rings. The summed E-state index contributed by atoms with van der Waals surface area (Å²) in [6, 6.07) is 0.915. The van der Waals surface area contributed by atoms with Crippen LogP contribution < -0.4 is 5.32 Å². The number of ether oxygens (including phenoxy) is 1. The van der Waals surface area contributed by atoms with Crippen molar-refractivity contribution in [2.45, 2.75) is 38.1 Å². The molecule has 0 radical (unpaired) electrons. The van der Waals surface area contributed by atoms with Crippen LogP contribution in [0.25, 0.3) is 0 Å². The number of methoxy groups -OCH3 is 1. The van der Waals surface area contributed by atoms with Gasteiger partial charge in [0.1, 0.15) is 0 Å². The van der Waals surface area contributed by atoms with Gasteiger partial charge in [-0.25, -0.2) is 0 Å². The van der Waals surface area contributed by atoms with Gasteiger partial charge in [-0.3, -0.25) is 4.90 Å². The zero-order valence-corrected chi connectivity index (χ0v) is 10.6. The molecular formula is C13H26N2O. The van der Waals surface area contributed by atoms with E-state index in [1.54, 1.807) is 7.11 Å². The number of likely N-dealkylation sites (tertiary alicyclic amines) is 1. The lowest BCUT2D eigenvalue weighted by atomic mass is 9.85. The molecule has 2 rings (SSSR count). The number of nitrogens with zero attached hydrogens (tertiary/aromatic N) is 1. The van der Waals surface area contributed by atoms with Crippen molar-refractivity contribution in [3.05, 3.63) is 0 Å². The van der Waals surface area contributed by atoms with Crippen LogP contribution in [0, 0.1) is 5.92 Å². The molecule has 0 spiro atoms. The lowest BCUT2D eigenvalue weighted by Crippen LogP contribution is -2.39. The zero-order valence-electron chi connectivity index (χ0n) is 10.6. The highest BCUT2D eigenvalue weighted by Crippen LogP contribution is 2.35. The minimum atomic E-state index is 0.825. The first-order valence-corrected chi connectivity index (χ1v) is 6.85. The van der Waals surface area contributed by atoms with Gasteiger partial charge < -0.3 is 10.1 Å². The van der Waals surface area contributed by atoms with E-state index in [-0.39, 0.29) is 0 Å². The first-order valence-electron chi connectivity index (χ1n) is 6.85. The van der Waals surface area contributed by atoms with Crippen LogP contribution in [0.1, 0.15) is 32.1 Å². The Labute approximate surface area is 99.5 Å². The Morgan fingerprint density at radius 1 is 1.19 bits per heavy atom. The molecular weight excluding hydrogens is 200 g/mol. The molecule has 0 amide bonds. The largest absolute Gasteiger partial charge is 0.383 e. The number of rotatable bonds is 6. The van der Waals surface area contributed by atoms with E-state index in [1.165, 1.54) is 45.2 Å². The van der Waals surface area contributed by atoms with Crippen molar-refractivity contribution in [1.29, 1.82) is 0 Å². The Balaban J connectivity index is 1.62. The summed E-state index contributed by atoms with van der Waals surface area (Å²) in [5.41, 5.74) is 0. The highest BCUT2D eigenvalue weighted by Gasteiger charge is 2.34. The summed E-state index contributed by atoms with van der Waals surface area (Å²) in [7, 11) is 1.76. The second-order valence-electron chi connectivity index (χ2n) is 5.18. The van der Waals surface area contributed by atoms with Crippen LogP contribution in [0.4, 0.5) is 0 Å². The second kappa shape index (κ2) is 6.58. The van der Waals surface area contributed by atoms with Gasteiger partial charge >= 0.3 is 0 Å². The van der Waals surface area contributed by atoms with Gasteiger partial charge in [0.05, 0.1) is 6.61 Å². The van der Waals surface area contributed by atoms with Crippen LogP contribution >= 0.6 is 0 Å². The maximum atomic E-state index is 5.02. The van der Waals surface area contributed by atoms with E-state index >= 15 is 0 Å². The molecule has 1 saturated carbocycles. The lowest BCUT2D eigenvalue weighted by Gasteiger charge is -2.31. The van der Waals surface area contributed by atoms with Gasteiger partial charge in [-0.15, -0.1) is 0 Å². The van der Waals surface area contributed by atoms with Crippen molar-refractivity contribution in [3.8, 4) is 0 Å². The average Bonchev–Trinajstić information content (AvgIpc) is 2.73. The highest BCUT2D eigenvalue weighted by atomic mass is 16.5. The van der Waals surface area contributed by atoms with E-state index in [9.17, 15) is 0 Å². The van der Waals surface area contributed by atoms with Gasteiger partial charge in [0, 0.05) is 32.8 Å². The zero-order chi connectivity index (χ0) is 11.2. The van der Waals surface area contributed by atoms with Crippen LogP contribution in [0.2, 0.25) is 0 Å². The topological polar surface area (TPSA) is 24.5 Å². The van der Waals surface area contributed by atoms with Crippen LogP contribution in [-0.4, -0.2) is 50.8 Å². The van der Waals surface area contributed by atoms with Gasteiger partial charge in [-0.05, 0) is 31.7 Å². The molecule has 0 aromatic heterocycles. The first-order chi connectivity index (χ1) is 7.92. The van der Waals surface area contributed by atoms with Crippen molar-refractivity contribution < 1.29 is 4.74 Å². The normalized spacial score (nSPS) is 30.6. The number of hydrogen-bond acceptors (Lipinski definition) is 3. The summed E-state index contributed by atoms with van der Waals surface area (Å²) >= 11 is 0. The third kappa shape index (κ3) is 3.19. The fraction of sp³-hybridized carbons (Fsp3) is 1.00. The summed E-state index contributed by atoms with van der Waals surface area (Å²) in [5, 5.41) is 3.44. The van der Waals surface area contributed by atoms with E-state index in [4.69, 9.17) is 4.74 Å². The van der Waals surface area contributed by atoms with Crippen molar-refractivity contribution in [2.24, 2.45) is 5.92 Å². The molecule has 1 aliphatic heterocycles. The maximum Gasteiger partial charge on any atom is 0.0587 e.